The minimum atomic E-state index is -1.04. The number of allylic oxidation sites excluding steroid dienone is 2. The average molecular weight is 490 g/mol. The molecule has 192 valence electrons. The lowest BCUT2D eigenvalue weighted by Crippen LogP contribution is -2.44. The molecular formula is C26H36FN3O5. The van der Waals surface area contributed by atoms with E-state index in [1.54, 1.807) is 18.0 Å². The number of hydrogen-bond acceptors (Lipinski definition) is 5. The monoisotopic (exact) mass is 489 g/mol. The Labute approximate surface area is 206 Å². The Hall–Kier alpha value is -2.78. The lowest BCUT2D eigenvalue weighted by Gasteiger charge is -2.27. The molecule has 3 amide bonds. The van der Waals surface area contributed by atoms with Gasteiger partial charge >= 0.3 is 0 Å². The largest absolute Gasteiger partial charge is 0.350 e. The average Bonchev–Trinajstić information content (AvgIpc) is 2.86. The summed E-state index contributed by atoms with van der Waals surface area (Å²) in [6, 6.07) is 4.63. The van der Waals surface area contributed by atoms with E-state index in [1.165, 1.54) is 18.2 Å². The Morgan fingerprint density at radius 2 is 1.97 bits per heavy atom. The molecule has 1 unspecified atom stereocenters. The summed E-state index contributed by atoms with van der Waals surface area (Å²) in [5.74, 6) is -2.34. The number of ether oxygens (including phenoxy) is 1. The van der Waals surface area contributed by atoms with Crippen molar-refractivity contribution in [2.24, 2.45) is 5.92 Å². The maximum absolute atomic E-state index is 14.0. The number of halogens is 1. The van der Waals surface area contributed by atoms with Crippen LogP contribution in [-0.2, 0) is 24.0 Å². The highest BCUT2D eigenvalue weighted by molar-refractivity contribution is 5.91. The number of carbonyl (C=O) groups is 3. The van der Waals surface area contributed by atoms with Crippen LogP contribution in [0.2, 0.25) is 0 Å². The van der Waals surface area contributed by atoms with Crippen molar-refractivity contribution in [2.45, 2.75) is 70.1 Å². The summed E-state index contributed by atoms with van der Waals surface area (Å²) < 4.78 is 19.4. The number of benzene rings is 1. The molecule has 2 aliphatic heterocycles. The molecule has 9 heteroatoms. The van der Waals surface area contributed by atoms with Gasteiger partial charge in [-0.25, -0.2) is 14.7 Å². The Kier molecular flexibility index (Phi) is 10.7. The Morgan fingerprint density at radius 1 is 1.17 bits per heavy atom. The topological polar surface area (TPSA) is 97.0 Å². The predicted molar refractivity (Wildman–Crippen MR) is 128 cm³/mol. The van der Waals surface area contributed by atoms with Crippen molar-refractivity contribution in [3.8, 4) is 0 Å². The van der Waals surface area contributed by atoms with Crippen LogP contribution in [0, 0.1) is 11.7 Å². The van der Waals surface area contributed by atoms with Gasteiger partial charge in [0, 0.05) is 39.0 Å². The fourth-order valence-corrected chi connectivity index (χ4v) is 4.26. The van der Waals surface area contributed by atoms with E-state index in [4.69, 9.17) is 9.57 Å². The number of hydroxylamine groups is 1. The zero-order valence-corrected chi connectivity index (χ0v) is 20.3. The molecule has 2 N–H and O–H groups in total. The molecule has 0 aliphatic carbocycles. The van der Waals surface area contributed by atoms with E-state index in [9.17, 15) is 18.8 Å². The Bertz CT molecular complexity index is 887. The number of carbonyl (C=O) groups excluding carboxylic acids is 3. The van der Waals surface area contributed by atoms with Gasteiger partial charge in [0.1, 0.15) is 11.9 Å². The molecular weight excluding hydrogens is 453 g/mol. The van der Waals surface area contributed by atoms with Crippen LogP contribution in [0.25, 0.3) is 0 Å². The first-order valence-electron chi connectivity index (χ1n) is 12.5. The van der Waals surface area contributed by atoms with E-state index in [1.807, 2.05) is 0 Å². The van der Waals surface area contributed by atoms with Crippen LogP contribution < -0.4 is 10.8 Å². The Balaban J connectivity index is 1.73. The van der Waals surface area contributed by atoms with Gasteiger partial charge in [-0.2, -0.15) is 0 Å². The van der Waals surface area contributed by atoms with Crippen LogP contribution in [0.4, 0.5) is 4.39 Å². The van der Waals surface area contributed by atoms with Crippen molar-refractivity contribution >= 4 is 17.7 Å². The fraction of sp³-hybridized carbons (Fsp3) is 0.577. The second-order valence-electron chi connectivity index (χ2n) is 9.14. The van der Waals surface area contributed by atoms with Gasteiger partial charge in [-0.3, -0.25) is 14.4 Å². The molecule has 0 bridgehead atoms. The van der Waals surface area contributed by atoms with Crippen LogP contribution in [-0.4, -0.2) is 49.1 Å². The quantitative estimate of drug-likeness (QED) is 0.487. The smallest absolute Gasteiger partial charge is 0.249 e. The first kappa shape index (κ1) is 26.8. The van der Waals surface area contributed by atoms with Gasteiger partial charge in [-0.1, -0.05) is 24.3 Å². The molecule has 2 aliphatic rings. The van der Waals surface area contributed by atoms with Gasteiger partial charge in [0.2, 0.25) is 17.7 Å². The van der Waals surface area contributed by atoms with Crippen molar-refractivity contribution in [1.82, 2.24) is 15.7 Å². The van der Waals surface area contributed by atoms with Crippen LogP contribution in [0.5, 0.6) is 0 Å². The molecule has 0 spiro atoms. The van der Waals surface area contributed by atoms with Gasteiger partial charge < -0.3 is 15.0 Å². The fourth-order valence-electron chi connectivity index (χ4n) is 4.26. The van der Waals surface area contributed by atoms with E-state index in [0.717, 1.165) is 32.1 Å². The van der Waals surface area contributed by atoms with Crippen molar-refractivity contribution in [2.75, 3.05) is 20.2 Å². The van der Waals surface area contributed by atoms with E-state index in [0.29, 0.717) is 38.0 Å². The molecule has 0 radical (unpaired) electrons. The zero-order valence-electron chi connectivity index (χ0n) is 20.3. The van der Waals surface area contributed by atoms with Crippen molar-refractivity contribution in [3.05, 3.63) is 47.8 Å². The minimum absolute atomic E-state index is 0.0951. The number of nitrogens with zero attached hydrogens (tertiary/aromatic N) is 1. The second-order valence-corrected chi connectivity index (χ2v) is 9.14. The van der Waals surface area contributed by atoms with Crippen LogP contribution in [0.1, 0.15) is 69.4 Å². The molecule has 8 nitrogen and oxygen atoms in total. The van der Waals surface area contributed by atoms with Crippen LogP contribution in [0.15, 0.2) is 36.4 Å². The van der Waals surface area contributed by atoms with E-state index < -0.39 is 35.9 Å². The SMILES string of the molecule is CN1CCC/C=C/CCC[C@H](CC(=O)NOC2CCCCO2)C(=O)N[C@@H](c2cccc(F)c2)C1=O. The summed E-state index contributed by atoms with van der Waals surface area (Å²) in [5.41, 5.74) is 2.77. The molecule has 0 saturated carbocycles. The molecule has 3 atom stereocenters. The minimum Gasteiger partial charge on any atom is -0.350 e. The maximum Gasteiger partial charge on any atom is 0.249 e. The number of likely N-dealkylation sites (N-methyl/N-ethyl adjacent to an activating group) is 1. The van der Waals surface area contributed by atoms with Crippen LogP contribution >= 0.6 is 0 Å². The van der Waals surface area contributed by atoms with E-state index in [-0.39, 0.29) is 12.3 Å². The summed E-state index contributed by atoms with van der Waals surface area (Å²) in [6.45, 7) is 1.10. The summed E-state index contributed by atoms with van der Waals surface area (Å²) in [4.78, 5) is 46.0. The summed E-state index contributed by atoms with van der Waals surface area (Å²) in [7, 11) is 1.67. The predicted octanol–water partition coefficient (Wildman–Crippen LogP) is 3.54. The Morgan fingerprint density at radius 3 is 2.71 bits per heavy atom. The lowest BCUT2D eigenvalue weighted by molar-refractivity contribution is -0.200. The van der Waals surface area contributed by atoms with Crippen LogP contribution in [0.3, 0.4) is 0 Å². The van der Waals surface area contributed by atoms with Gasteiger partial charge in [0.15, 0.2) is 6.29 Å². The highest BCUT2D eigenvalue weighted by Gasteiger charge is 2.30. The zero-order chi connectivity index (χ0) is 25.0. The molecule has 1 fully saturated rings. The third-order valence-corrected chi connectivity index (χ3v) is 6.29. The summed E-state index contributed by atoms with van der Waals surface area (Å²) in [5, 5.41) is 2.80. The van der Waals surface area contributed by atoms with Gasteiger partial charge in [-0.05, 0) is 62.6 Å². The maximum atomic E-state index is 14.0. The number of hydrogen-bond donors (Lipinski definition) is 2. The molecule has 1 saturated heterocycles. The number of amides is 3. The number of rotatable bonds is 5. The first-order chi connectivity index (χ1) is 16.9. The molecule has 0 aromatic heterocycles. The second kappa shape index (κ2) is 13.9. The van der Waals surface area contributed by atoms with E-state index >= 15 is 0 Å². The van der Waals surface area contributed by atoms with Gasteiger partial charge in [0.05, 0.1) is 0 Å². The highest BCUT2D eigenvalue weighted by Crippen LogP contribution is 2.21. The third kappa shape index (κ3) is 8.74. The first-order valence-corrected chi connectivity index (χ1v) is 12.5. The van der Waals surface area contributed by atoms with Gasteiger partial charge in [-0.15, -0.1) is 0 Å². The molecule has 1 aromatic rings. The normalized spacial score (nSPS) is 25.9. The van der Waals surface area contributed by atoms with Crippen molar-refractivity contribution in [3.63, 3.8) is 0 Å². The highest BCUT2D eigenvalue weighted by atomic mass is 19.1. The lowest BCUT2D eigenvalue weighted by atomic mass is 9.95. The van der Waals surface area contributed by atoms with Crippen molar-refractivity contribution < 1.29 is 28.3 Å². The van der Waals surface area contributed by atoms with Crippen molar-refractivity contribution in [1.29, 1.82) is 0 Å². The molecule has 35 heavy (non-hydrogen) atoms. The van der Waals surface area contributed by atoms with Gasteiger partial charge in [0.25, 0.3) is 0 Å². The molecule has 1 aromatic carbocycles. The third-order valence-electron chi connectivity index (χ3n) is 6.29. The molecule has 3 rings (SSSR count). The van der Waals surface area contributed by atoms with E-state index in [2.05, 4.69) is 22.9 Å². The summed E-state index contributed by atoms with van der Waals surface area (Å²) >= 11 is 0. The number of nitrogens with one attached hydrogen (secondary N) is 2. The molecule has 2 heterocycles. The standard InChI is InChI=1S/C26H36FN3O5/c1-30-15-8-5-3-2-4-6-11-20(18-22(31)29-35-23-14-7-9-16-34-23)25(32)28-24(26(30)33)19-12-10-13-21(27)17-19/h2-3,10,12-13,17,20,23-24H,4-9,11,14-16,18H2,1H3,(H,28,32)(H,29,31)/b3-2+/t20-,23?,24+/m1/s1. The summed E-state index contributed by atoms with van der Waals surface area (Å²) in [6.07, 6.45) is 9.78.